The second-order valence-electron chi connectivity index (χ2n) is 7.85. The van der Waals surface area contributed by atoms with Gasteiger partial charge in [-0.3, -0.25) is 14.8 Å². The summed E-state index contributed by atoms with van der Waals surface area (Å²) in [4.78, 5) is 22.6. The van der Waals surface area contributed by atoms with E-state index in [2.05, 4.69) is 36.9 Å². The van der Waals surface area contributed by atoms with E-state index in [1.807, 2.05) is 78.9 Å². The number of carbonyl (C=O) groups is 1. The van der Waals surface area contributed by atoms with Gasteiger partial charge in [-0.05, 0) is 57.9 Å². The van der Waals surface area contributed by atoms with Crippen LogP contribution >= 0.6 is 31.9 Å². The first kappa shape index (κ1) is 22.4. The topological polar surface area (TPSA) is 62.0 Å². The molecule has 0 amide bonds. The number of rotatable bonds is 4. The van der Waals surface area contributed by atoms with Crippen molar-refractivity contribution in [1.82, 2.24) is 0 Å². The average Bonchev–Trinajstić information content (AvgIpc) is 3.13. The molecule has 6 heteroatoms. The number of nitrogens with zero attached hydrogens (tertiary/aromatic N) is 2. The summed E-state index contributed by atoms with van der Waals surface area (Å²) >= 11 is 6.75. The van der Waals surface area contributed by atoms with Crippen LogP contribution in [0.5, 0.6) is 5.75 Å². The number of hydrogen-bond acceptors (Lipinski definition) is 4. The Labute approximate surface area is 214 Å². The molecule has 0 fully saturated rings. The van der Waals surface area contributed by atoms with Crippen LogP contribution in [-0.2, 0) is 0 Å². The van der Waals surface area contributed by atoms with Gasteiger partial charge in [0.1, 0.15) is 5.75 Å². The molecule has 4 nitrogen and oxygen atoms in total. The van der Waals surface area contributed by atoms with Crippen molar-refractivity contribution < 1.29 is 9.90 Å². The number of carbonyl (C=O) groups excluding carboxylic acids is 1. The highest BCUT2D eigenvalue weighted by atomic mass is 79.9. The Hall–Kier alpha value is -3.35. The van der Waals surface area contributed by atoms with E-state index in [9.17, 15) is 9.90 Å². The van der Waals surface area contributed by atoms with Crippen LogP contribution < -0.4 is 0 Å². The molecule has 0 spiro atoms. The zero-order valence-corrected chi connectivity index (χ0v) is 21.0. The lowest BCUT2D eigenvalue weighted by atomic mass is 9.93. The van der Waals surface area contributed by atoms with Crippen LogP contribution in [0.15, 0.2) is 110 Å². The van der Waals surface area contributed by atoms with Gasteiger partial charge in [-0.25, -0.2) is 0 Å². The first-order valence-corrected chi connectivity index (χ1v) is 12.2. The minimum atomic E-state index is -0.422. The first-order valence-electron chi connectivity index (χ1n) is 10.6. The molecule has 0 heterocycles. The third-order valence-corrected chi connectivity index (χ3v) is 6.71. The standard InChI is InChI=1S/C28H18Br2N2O2/c29-19-14-18(27(33)24(30)15-19)16-31-20-10-12-21(13-11-20)32-26-22-8-4-5-9-23(22)28(34)25(26)17-6-2-1-3-7-17/h1-16,25,33H/t25-/m1/s1. The van der Waals surface area contributed by atoms with Gasteiger partial charge in [0.25, 0.3) is 0 Å². The largest absolute Gasteiger partial charge is 0.506 e. The number of phenols is 1. The Morgan fingerprint density at radius 2 is 1.44 bits per heavy atom. The van der Waals surface area contributed by atoms with E-state index < -0.39 is 5.92 Å². The zero-order chi connectivity index (χ0) is 23.7. The molecule has 1 N–H and O–H groups in total. The number of aromatic hydroxyl groups is 1. The molecule has 1 atom stereocenters. The Morgan fingerprint density at radius 3 is 2.18 bits per heavy atom. The maximum Gasteiger partial charge on any atom is 0.176 e. The molecule has 0 radical (unpaired) electrons. The fraction of sp³-hybridized carbons (Fsp3) is 0.0357. The van der Waals surface area contributed by atoms with Crippen molar-refractivity contribution in [2.24, 2.45) is 9.98 Å². The molecule has 1 aliphatic rings. The third-order valence-electron chi connectivity index (χ3n) is 5.65. The number of Topliss-reactive ketones (excluding diaryl/α,β-unsaturated/α-hetero) is 1. The van der Waals surface area contributed by atoms with E-state index >= 15 is 0 Å². The third kappa shape index (κ3) is 4.39. The van der Waals surface area contributed by atoms with Crippen molar-refractivity contribution in [1.29, 1.82) is 0 Å². The number of benzene rings is 4. The van der Waals surface area contributed by atoms with Crippen LogP contribution in [-0.4, -0.2) is 22.8 Å². The van der Waals surface area contributed by atoms with Gasteiger partial charge in [-0.2, -0.15) is 0 Å². The van der Waals surface area contributed by atoms with Crippen molar-refractivity contribution >= 4 is 60.9 Å². The maximum absolute atomic E-state index is 13.2. The van der Waals surface area contributed by atoms with Crippen molar-refractivity contribution in [3.05, 3.63) is 122 Å². The number of phenolic OH excluding ortho intramolecular Hbond substituents is 1. The fourth-order valence-corrected chi connectivity index (χ4v) is 5.28. The van der Waals surface area contributed by atoms with Crippen LogP contribution in [0.1, 0.15) is 33.0 Å². The molecule has 4 aromatic carbocycles. The van der Waals surface area contributed by atoms with Gasteiger partial charge < -0.3 is 5.11 Å². The van der Waals surface area contributed by atoms with Crippen LogP contribution in [0, 0.1) is 0 Å². The number of halogens is 2. The predicted octanol–water partition coefficient (Wildman–Crippen LogP) is 7.77. The lowest BCUT2D eigenvalue weighted by molar-refractivity contribution is 0.0988. The quantitative estimate of drug-likeness (QED) is 0.253. The highest BCUT2D eigenvalue weighted by molar-refractivity contribution is 9.11. The van der Waals surface area contributed by atoms with Crippen LogP contribution in [0.25, 0.3) is 0 Å². The molecule has 0 saturated carbocycles. The lowest BCUT2D eigenvalue weighted by Crippen LogP contribution is -2.13. The lowest BCUT2D eigenvalue weighted by Gasteiger charge is -2.11. The van der Waals surface area contributed by atoms with Gasteiger partial charge >= 0.3 is 0 Å². The van der Waals surface area contributed by atoms with E-state index in [0.29, 0.717) is 15.6 Å². The summed E-state index contributed by atoms with van der Waals surface area (Å²) in [5, 5.41) is 10.2. The van der Waals surface area contributed by atoms with Gasteiger partial charge in [0.2, 0.25) is 0 Å². The fourth-order valence-electron chi connectivity index (χ4n) is 4.02. The van der Waals surface area contributed by atoms with Crippen LogP contribution in [0.2, 0.25) is 0 Å². The van der Waals surface area contributed by atoms with Gasteiger partial charge in [0, 0.05) is 27.4 Å². The average molecular weight is 574 g/mol. The van der Waals surface area contributed by atoms with Gasteiger partial charge in [0.15, 0.2) is 5.78 Å². The second-order valence-corrected chi connectivity index (χ2v) is 9.62. The summed E-state index contributed by atoms with van der Waals surface area (Å²) < 4.78 is 1.43. The second kappa shape index (κ2) is 9.49. The highest BCUT2D eigenvalue weighted by Gasteiger charge is 2.37. The zero-order valence-electron chi connectivity index (χ0n) is 17.8. The molecule has 0 aromatic heterocycles. The SMILES string of the molecule is O=C1c2ccccc2C(=Nc2ccc(N=Cc3cc(Br)cc(Br)c3O)cc2)[C@H]1c1ccccc1. The van der Waals surface area contributed by atoms with Crippen molar-refractivity contribution in [3.8, 4) is 5.75 Å². The molecule has 166 valence electrons. The molecule has 0 saturated heterocycles. The summed E-state index contributed by atoms with van der Waals surface area (Å²) in [5.41, 5.74) is 5.33. The number of ketones is 1. The maximum atomic E-state index is 13.2. The smallest absolute Gasteiger partial charge is 0.176 e. The minimum absolute atomic E-state index is 0.0711. The van der Waals surface area contributed by atoms with E-state index in [1.165, 1.54) is 0 Å². The molecule has 4 aromatic rings. The molecule has 0 bridgehead atoms. The van der Waals surface area contributed by atoms with Crippen molar-refractivity contribution in [2.75, 3.05) is 0 Å². The number of aliphatic imine (C=N–C) groups is 2. The Kier molecular flexibility index (Phi) is 6.26. The molecule has 0 unspecified atom stereocenters. The van der Waals surface area contributed by atoms with Crippen molar-refractivity contribution in [3.63, 3.8) is 0 Å². The van der Waals surface area contributed by atoms with Gasteiger partial charge in [0.05, 0.1) is 27.5 Å². The molecular weight excluding hydrogens is 556 g/mol. The predicted molar refractivity (Wildman–Crippen MR) is 143 cm³/mol. The normalized spacial score (nSPS) is 16.4. The van der Waals surface area contributed by atoms with Crippen LogP contribution in [0.3, 0.4) is 0 Å². The summed E-state index contributed by atoms with van der Waals surface area (Å²) in [6.07, 6.45) is 1.61. The Morgan fingerprint density at radius 1 is 0.794 bits per heavy atom. The first-order chi connectivity index (χ1) is 16.5. The molecular formula is C28H18Br2N2O2. The van der Waals surface area contributed by atoms with Crippen molar-refractivity contribution in [2.45, 2.75) is 5.92 Å². The van der Waals surface area contributed by atoms with Crippen LogP contribution in [0.4, 0.5) is 11.4 Å². The monoisotopic (exact) mass is 572 g/mol. The summed E-state index contributed by atoms with van der Waals surface area (Å²) in [6.45, 7) is 0. The van der Waals surface area contributed by atoms with Gasteiger partial charge in [-0.15, -0.1) is 0 Å². The van der Waals surface area contributed by atoms with E-state index in [1.54, 1.807) is 18.3 Å². The van der Waals surface area contributed by atoms with E-state index in [4.69, 9.17) is 4.99 Å². The minimum Gasteiger partial charge on any atom is -0.506 e. The highest BCUT2D eigenvalue weighted by Crippen LogP contribution is 2.36. The van der Waals surface area contributed by atoms with E-state index in [0.717, 1.165) is 32.7 Å². The van der Waals surface area contributed by atoms with E-state index in [-0.39, 0.29) is 11.5 Å². The summed E-state index contributed by atoms with van der Waals surface area (Å²) in [5.74, 6) is -0.220. The number of hydrogen-bond donors (Lipinski definition) is 1. The Balaban J connectivity index is 1.48. The summed E-state index contributed by atoms with van der Waals surface area (Å²) in [6, 6.07) is 28.5. The molecule has 5 rings (SSSR count). The molecule has 1 aliphatic carbocycles. The Bertz CT molecular complexity index is 1450. The molecule has 0 aliphatic heterocycles. The molecule has 34 heavy (non-hydrogen) atoms. The van der Waals surface area contributed by atoms with Gasteiger partial charge in [-0.1, -0.05) is 70.5 Å². The summed E-state index contributed by atoms with van der Waals surface area (Å²) in [7, 11) is 0. The number of fused-ring (bicyclic) bond motifs is 1.